The molecule has 1 aliphatic heterocycles. The Morgan fingerprint density at radius 2 is 1.94 bits per heavy atom. The molecule has 1 aromatic carbocycles. The number of methoxy groups -OCH3 is 2. The Balaban J connectivity index is 2.68. The van der Waals surface area contributed by atoms with Crippen LogP contribution < -0.4 is 4.90 Å². The standard InChI is InChI=1S/C11H12INO3/c1-13-9-5-4-7(12)6-8(9)11(15-2,16-3)10(13)14/h4-6H,1-3H3. The van der Waals surface area contributed by atoms with E-state index in [1.807, 2.05) is 18.2 Å². The molecule has 1 aromatic rings. The fraction of sp³-hybridized carbons (Fsp3) is 0.364. The lowest BCUT2D eigenvalue weighted by molar-refractivity contribution is -0.209. The van der Waals surface area contributed by atoms with Crippen LogP contribution in [0.25, 0.3) is 0 Å². The lowest BCUT2D eigenvalue weighted by atomic mass is 10.1. The Hall–Kier alpha value is -0.660. The van der Waals surface area contributed by atoms with Gasteiger partial charge in [-0.3, -0.25) is 4.79 Å². The molecular formula is C11H12INO3. The van der Waals surface area contributed by atoms with E-state index in [4.69, 9.17) is 9.47 Å². The maximum absolute atomic E-state index is 12.1. The number of rotatable bonds is 2. The van der Waals surface area contributed by atoms with Crippen molar-refractivity contribution in [3.8, 4) is 0 Å². The van der Waals surface area contributed by atoms with Gasteiger partial charge in [-0.05, 0) is 40.8 Å². The molecule has 0 unspecified atom stereocenters. The Morgan fingerprint density at radius 1 is 1.31 bits per heavy atom. The number of nitrogens with zero attached hydrogens (tertiary/aromatic N) is 1. The van der Waals surface area contributed by atoms with E-state index in [1.54, 1.807) is 11.9 Å². The number of hydrogen-bond donors (Lipinski definition) is 0. The van der Waals surface area contributed by atoms with E-state index in [2.05, 4.69) is 22.6 Å². The molecular weight excluding hydrogens is 321 g/mol. The minimum absolute atomic E-state index is 0.200. The van der Waals surface area contributed by atoms with E-state index in [0.29, 0.717) is 0 Å². The Labute approximate surface area is 108 Å². The number of ether oxygens (including phenoxy) is 2. The molecule has 0 saturated carbocycles. The lowest BCUT2D eigenvalue weighted by Crippen LogP contribution is -2.41. The van der Waals surface area contributed by atoms with Crippen LogP contribution in [-0.4, -0.2) is 27.2 Å². The smallest absolute Gasteiger partial charge is 0.292 e. The Kier molecular flexibility index (Phi) is 2.93. The number of fused-ring (bicyclic) bond motifs is 1. The SMILES string of the molecule is COC1(OC)C(=O)N(C)c2ccc(I)cc21. The van der Waals surface area contributed by atoms with Crippen LogP contribution >= 0.6 is 22.6 Å². The minimum Gasteiger partial charge on any atom is -0.342 e. The first-order chi connectivity index (χ1) is 7.56. The lowest BCUT2D eigenvalue weighted by Gasteiger charge is -2.24. The summed E-state index contributed by atoms with van der Waals surface area (Å²) in [5, 5.41) is 0. The van der Waals surface area contributed by atoms with Crippen LogP contribution in [0.5, 0.6) is 0 Å². The first-order valence-electron chi connectivity index (χ1n) is 4.75. The van der Waals surface area contributed by atoms with Crippen molar-refractivity contribution in [1.29, 1.82) is 0 Å². The van der Waals surface area contributed by atoms with Gasteiger partial charge in [-0.1, -0.05) is 0 Å². The average molecular weight is 333 g/mol. The zero-order chi connectivity index (χ0) is 11.9. The summed E-state index contributed by atoms with van der Waals surface area (Å²) in [6.07, 6.45) is 0. The summed E-state index contributed by atoms with van der Waals surface area (Å²) in [5.74, 6) is -1.49. The van der Waals surface area contributed by atoms with E-state index in [-0.39, 0.29) is 5.91 Å². The van der Waals surface area contributed by atoms with Gasteiger partial charge in [-0.25, -0.2) is 0 Å². The number of hydrogen-bond acceptors (Lipinski definition) is 3. The Bertz CT molecular complexity index is 443. The zero-order valence-corrected chi connectivity index (χ0v) is 11.4. The second kappa shape index (κ2) is 3.97. The average Bonchev–Trinajstić information content (AvgIpc) is 2.49. The van der Waals surface area contributed by atoms with Gasteiger partial charge in [0.2, 0.25) is 0 Å². The summed E-state index contributed by atoms with van der Waals surface area (Å²) in [6.45, 7) is 0. The number of halogens is 1. The van der Waals surface area contributed by atoms with Crippen LogP contribution in [0.4, 0.5) is 5.69 Å². The fourth-order valence-electron chi connectivity index (χ4n) is 1.99. The fourth-order valence-corrected chi connectivity index (χ4v) is 2.48. The number of anilines is 1. The first-order valence-corrected chi connectivity index (χ1v) is 5.83. The summed E-state index contributed by atoms with van der Waals surface area (Å²) in [4.78, 5) is 13.7. The molecule has 0 N–H and O–H groups in total. The first kappa shape index (κ1) is 11.8. The van der Waals surface area contributed by atoms with Crippen molar-refractivity contribution >= 4 is 34.2 Å². The number of likely N-dealkylation sites (N-methyl/N-ethyl adjacent to an activating group) is 1. The molecule has 5 heteroatoms. The second-order valence-electron chi connectivity index (χ2n) is 3.55. The molecule has 2 rings (SSSR count). The third kappa shape index (κ3) is 1.38. The van der Waals surface area contributed by atoms with Gasteiger partial charge in [0, 0.05) is 30.4 Å². The molecule has 0 spiro atoms. The molecule has 86 valence electrons. The highest BCUT2D eigenvalue weighted by atomic mass is 127. The van der Waals surface area contributed by atoms with Crippen molar-refractivity contribution in [3.05, 3.63) is 27.3 Å². The second-order valence-corrected chi connectivity index (χ2v) is 4.80. The van der Waals surface area contributed by atoms with Crippen molar-refractivity contribution in [2.75, 3.05) is 26.2 Å². The topological polar surface area (TPSA) is 38.8 Å². The summed E-state index contributed by atoms with van der Waals surface area (Å²) in [5.41, 5.74) is 1.59. The maximum atomic E-state index is 12.1. The van der Waals surface area contributed by atoms with Crippen molar-refractivity contribution in [2.24, 2.45) is 0 Å². The van der Waals surface area contributed by atoms with E-state index >= 15 is 0 Å². The molecule has 0 radical (unpaired) electrons. The predicted octanol–water partition coefficient (Wildman–Crippen LogP) is 1.71. The highest BCUT2D eigenvalue weighted by molar-refractivity contribution is 14.1. The summed E-state index contributed by atoms with van der Waals surface area (Å²) < 4.78 is 11.6. The highest BCUT2D eigenvalue weighted by Gasteiger charge is 2.51. The molecule has 16 heavy (non-hydrogen) atoms. The number of amides is 1. The van der Waals surface area contributed by atoms with Crippen LogP contribution in [0.2, 0.25) is 0 Å². The number of carbonyl (C=O) groups excluding carboxylic acids is 1. The normalized spacial score (nSPS) is 17.8. The van der Waals surface area contributed by atoms with Gasteiger partial charge >= 0.3 is 0 Å². The van der Waals surface area contributed by atoms with Gasteiger partial charge in [0.15, 0.2) is 0 Å². The third-order valence-corrected chi connectivity index (χ3v) is 3.51. The predicted molar refractivity (Wildman–Crippen MR) is 68.3 cm³/mol. The largest absolute Gasteiger partial charge is 0.342 e. The van der Waals surface area contributed by atoms with E-state index in [1.165, 1.54) is 14.2 Å². The molecule has 4 nitrogen and oxygen atoms in total. The van der Waals surface area contributed by atoms with Crippen molar-refractivity contribution < 1.29 is 14.3 Å². The maximum Gasteiger partial charge on any atom is 0.292 e. The molecule has 0 atom stereocenters. The van der Waals surface area contributed by atoms with Crippen molar-refractivity contribution in [1.82, 2.24) is 0 Å². The number of carbonyl (C=O) groups is 1. The van der Waals surface area contributed by atoms with E-state index in [0.717, 1.165) is 14.8 Å². The van der Waals surface area contributed by atoms with Gasteiger partial charge in [0.05, 0.1) is 5.69 Å². The van der Waals surface area contributed by atoms with Gasteiger partial charge in [-0.2, -0.15) is 0 Å². The monoisotopic (exact) mass is 333 g/mol. The molecule has 1 aliphatic rings. The van der Waals surface area contributed by atoms with E-state index in [9.17, 15) is 4.79 Å². The van der Waals surface area contributed by atoms with Crippen LogP contribution in [0.1, 0.15) is 5.56 Å². The van der Waals surface area contributed by atoms with Gasteiger partial charge in [0.25, 0.3) is 11.7 Å². The van der Waals surface area contributed by atoms with Gasteiger partial charge < -0.3 is 14.4 Å². The Morgan fingerprint density at radius 3 is 2.50 bits per heavy atom. The molecule has 0 fully saturated rings. The van der Waals surface area contributed by atoms with Crippen LogP contribution in [0.15, 0.2) is 18.2 Å². The summed E-state index contributed by atoms with van der Waals surface area (Å²) >= 11 is 2.20. The molecule has 0 saturated heterocycles. The number of benzene rings is 1. The zero-order valence-electron chi connectivity index (χ0n) is 9.28. The van der Waals surface area contributed by atoms with E-state index < -0.39 is 5.79 Å². The molecule has 0 aromatic heterocycles. The summed E-state index contributed by atoms with van der Waals surface area (Å²) in [7, 11) is 4.67. The quantitative estimate of drug-likeness (QED) is 0.611. The molecule has 1 heterocycles. The van der Waals surface area contributed by atoms with Crippen LogP contribution in [0, 0.1) is 3.57 Å². The van der Waals surface area contributed by atoms with Crippen molar-refractivity contribution in [2.45, 2.75) is 5.79 Å². The van der Waals surface area contributed by atoms with Crippen molar-refractivity contribution in [3.63, 3.8) is 0 Å². The van der Waals surface area contributed by atoms with Crippen LogP contribution in [0.3, 0.4) is 0 Å². The highest BCUT2D eigenvalue weighted by Crippen LogP contribution is 2.42. The van der Waals surface area contributed by atoms with Gasteiger partial charge in [0.1, 0.15) is 0 Å². The molecule has 0 bridgehead atoms. The summed E-state index contributed by atoms with van der Waals surface area (Å²) in [6, 6.07) is 5.75. The molecule has 0 aliphatic carbocycles. The van der Waals surface area contributed by atoms with Gasteiger partial charge in [-0.15, -0.1) is 0 Å². The van der Waals surface area contributed by atoms with Crippen LogP contribution in [-0.2, 0) is 20.1 Å². The third-order valence-electron chi connectivity index (χ3n) is 2.84. The minimum atomic E-state index is -1.29. The molecule has 1 amide bonds.